The van der Waals surface area contributed by atoms with Gasteiger partial charge in [-0.05, 0) is 32.1 Å². The average Bonchev–Trinajstić information content (AvgIpc) is 3.41. The Morgan fingerprint density at radius 2 is 0.613 bits per heavy atom. The lowest BCUT2D eigenvalue weighted by Gasteiger charge is -2.20. The Morgan fingerprint density at radius 3 is 0.907 bits per heavy atom. The molecule has 0 rings (SSSR count). The number of hydrogen-bond donors (Lipinski definition) is 3. The zero-order valence-corrected chi connectivity index (χ0v) is 51.1. The van der Waals surface area contributed by atoms with Gasteiger partial charge in [-0.15, -0.1) is 0 Å². The fourth-order valence-corrected chi connectivity index (χ4v) is 11.1. The van der Waals surface area contributed by atoms with Crippen molar-refractivity contribution in [2.45, 2.75) is 405 Å². The number of carbonyl (C=O) groups is 2. The molecule has 0 aliphatic heterocycles. The van der Waals surface area contributed by atoms with Crippen LogP contribution in [0.15, 0.2) is 12.2 Å². The molecule has 0 aromatic carbocycles. The van der Waals surface area contributed by atoms with E-state index in [0.29, 0.717) is 19.4 Å². The minimum atomic E-state index is -0.838. The largest absolute Gasteiger partial charge is 0.466 e. The third-order valence-electron chi connectivity index (χ3n) is 16.3. The average molecular weight is 1060 g/mol. The molecule has 446 valence electrons. The van der Waals surface area contributed by atoms with E-state index in [-0.39, 0.29) is 18.5 Å². The zero-order chi connectivity index (χ0) is 54.3. The molecule has 2 atom stereocenters. The van der Waals surface area contributed by atoms with E-state index in [0.717, 1.165) is 38.5 Å². The van der Waals surface area contributed by atoms with Crippen molar-refractivity contribution in [3.8, 4) is 0 Å². The van der Waals surface area contributed by atoms with Crippen LogP contribution in [0.2, 0.25) is 0 Å². The summed E-state index contributed by atoms with van der Waals surface area (Å²) in [5, 5.41) is 23.0. The third kappa shape index (κ3) is 61.7. The molecule has 0 fully saturated rings. The van der Waals surface area contributed by atoms with Gasteiger partial charge in [-0.2, -0.15) is 0 Å². The van der Waals surface area contributed by atoms with Crippen LogP contribution in [0.25, 0.3) is 0 Å². The molecule has 0 saturated heterocycles. The summed E-state index contributed by atoms with van der Waals surface area (Å²) >= 11 is 0. The van der Waals surface area contributed by atoms with E-state index in [1.54, 1.807) is 6.08 Å². The van der Waals surface area contributed by atoms with Gasteiger partial charge in [-0.1, -0.05) is 360 Å². The van der Waals surface area contributed by atoms with Crippen LogP contribution in [0.3, 0.4) is 0 Å². The SMILES string of the molecule is CCCCCCCCC/C=C/C(O)C(CO)NC(=O)CCCCCCCCCCCCCCCCCCCCCCCCCCCCCCCCOC(=O)CCCCCCCCCCCCCCCCCCCCC. The molecule has 0 aromatic rings. The van der Waals surface area contributed by atoms with Crippen molar-refractivity contribution in [1.82, 2.24) is 5.32 Å². The number of nitrogens with one attached hydrogen (secondary N) is 1. The first-order chi connectivity index (χ1) is 37.0. The summed E-state index contributed by atoms with van der Waals surface area (Å²) in [4.78, 5) is 24.5. The quantitative estimate of drug-likeness (QED) is 0.0320. The minimum absolute atomic E-state index is 0.0253. The maximum atomic E-state index is 12.4. The van der Waals surface area contributed by atoms with Gasteiger partial charge in [0.1, 0.15) is 0 Å². The Morgan fingerprint density at radius 1 is 0.360 bits per heavy atom. The minimum Gasteiger partial charge on any atom is -0.466 e. The number of carbonyl (C=O) groups excluding carboxylic acids is 2. The van der Waals surface area contributed by atoms with E-state index in [4.69, 9.17) is 4.74 Å². The molecule has 2 unspecified atom stereocenters. The molecule has 75 heavy (non-hydrogen) atoms. The standard InChI is InChI=1S/C69H135NO5/c1-3-5-7-9-11-13-14-15-16-17-30-34-37-40-43-47-51-55-59-63-69(74)75-64-60-56-52-48-44-41-38-35-32-29-27-25-23-21-19-18-20-22-24-26-28-31-33-36-39-42-46-50-54-58-62-68(73)70-66(65-71)67(72)61-57-53-49-45-12-10-8-6-4-2/h57,61,66-67,71-72H,3-56,58-60,62-65H2,1-2H3,(H,70,73)/b61-57+. The number of esters is 1. The van der Waals surface area contributed by atoms with Crippen LogP contribution < -0.4 is 5.32 Å². The highest BCUT2D eigenvalue weighted by Gasteiger charge is 2.18. The molecule has 0 aliphatic carbocycles. The summed E-state index contributed by atoms with van der Waals surface area (Å²) in [6.45, 7) is 4.92. The maximum absolute atomic E-state index is 12.4. The van der Waals surface area contributed by atoms with Crippen LogP contribution in [0, 0.1) is 0 Å². The van der Waals surface area contributed by atoms with Gasteiger partial charge >= 0.3 is 5.97 Å². The van der Waals surface area contributed by atoms with Crippen LogP contribution in [0.4, 0.5) is 0 Å². The maximum Gasteiger partial charge on any atom is 0.305 e. The van der Waals surface area contributed by atoms with Gasteiger partial charge in [0.05, 0.1) is 25.4 Å². The first-order valence-electron chi connectivity index (χ1n) is 34.5. The second-order valence-corrected chi connectivity index (χ2v) is 23.9. The molecular weight excluding hydrogens is 923 g/mol. The highest BCUT2D eigenvalue weighted by atomic mass is 16.5. The predicted molar refractivity (Wildman–Crippen MR) is 329 cm³/mol. The number of rotatable bonds is 65. The monoisotopic (exact) mass is 1060 g/mol. The molecular formula is C69H135NO5. The molecule has 3 N–H and O–H groups in total. The van der Waals surface area contributed by atoms with E-state index in [1.165, 1.54) is 327 Å². The topological polar surface area (TPSA) is 95.9 Å². The van der Waals surface area contributed by atoms with Crippen molar-refractivity contribution < 1.29 is 24.5 Å². The predicted octanol–water partition coefficient (Wildman–Crippen LogP) is 22.0. The highest BCUT2D eigenvalue weighted by molar-refractivity contribution is 5.76. The van der Waals surface area contributed by atoms with Gasteiger partial charge in [0.15, 0.2) is 0 Å². The van der Waals surface area contributed by atoms with Crippen LogP contribution >= 0.6 is 0 Å². The number of hydrogen-bond acceptors (Lipinski definition) is 5. The summed E-state index contributed by atoms with van der Waals surface area (Å²) < 4.78 is 5.52. The smallest absolute Gasteiger partial charge is 0.305 e. The molecule has 1 amide bonds. The van der Waals surface area contributed by atoms with Gasteiger partial charge < -0.3 is 20.3 Å². The number of allylic oxidation sites excluding steroid dienone is 1. The van der Waals surface area contributed by atoms with Crippen molar-refractivity contribution in [2.75, 3.05) is 13.2 Å². The summed E-state index contributed by atoms with van der Waals surface area (Å²) in [5.74, 6) is -0.0397. The van der Waals surface area contributed by atoms with Crippen molar-refractivity contribution in [3.05, 3.63) is 12.2 Å². The fourth-order valence-electron chi connectivity index (χ4n) is 11.1. The van der Waals surface area contributed by atoms with Crippen molar-refractivity contribution >= 4 is 11.9 Å². The number of amides is 1. The van der Waals surface area contributed by atoms with Crippen LogP contribution in [-0.2, 0) is 14.3 Å². The van der Waals surface area contributed by atoms with Gasteiger partial charge in [0, 0.05) is 12.8 Å². The molecule has 0 saturated carbocycles. The van der Waals surface area contributed by atoms with E-state index < -0.39 is 12.1 Å². The number of aliphatic hydroxyl groups excluding tert-OH is 2. The van der Waals surface area contributed by atoms with E-state index in [2.05, 4.69) is 19.2 Å². The molecule has 0 spiro atoms. The van der Waals surface area contributed by atoms with Gasteiger partial charge in [0.2, 0.25) is 5.91 Å². The molecule has 0 heterocycles. The number of ether oxygens (including phenoxy) is 1. The Kier molecular flexibility index (Phi) is 63.9. The van der Waals surface area contributed by atoms with E-state index >= 15 is 0 Å². The summed E-state index contributed by atoms with van der Waals surface area (Å²) in [5.41, 5.74) is 0. The van der Waals surface area contributed by atoms with Gasteiger partial charge in [-0.25, -0.2) is 0 Å². The Labute approximate surface area is 469 Å². The Balaban J connectivity index is 3.28. The van der Waals surface area contributed by atoms with E-state index in [1.807, 2.05) is 6.08 Å². The lowest BCUT2D eigenvalue weighted by molar-refractivity contribution is -0.143. The molecule has 6 heteroatoms. The first-order valence-corrected chi connectivity index (χ1v) is 34.5. The van der Waals surface area contributed by atoms with Crippen LogP contribution in [0.5, 0.6) is 0 Å². The number of unbranched alkanes of at least 4 members (excludes halogenated alkanes) is 54. The van der Waals surface area contributed by atoms with Crippen molar-refractivity contribution in [3.63, 3.8) is 0 Å². The summed E-state index contributed by atoms with van der Waals surface area (Å²) in [6, 6.07) is -0.622. The van der Waals surface area contributed by atoms with Crippen LogP contribution in [-0.4, -0.2) is 47.4 Å². The van der Waals surface area contributed by atoms with Gasteiger partial charge in [0.25, 0.3) is 0 Å². The lowest BCUT2D eigenvalue weighted by Crippen LogP contribution is -2.45. The molecule has 0 bridgehead atoms. The number of aliphatic hydroxyl groups is 2. The van der Waals surface area contributed by atoms with Crippen LogP contribution in [0.1, 0.15) is 393 Å². The first kappa shape index (κ1) is 73.6. The summed E-state index contributed by atoms with van der Waals surface area (Å²) in [7, 11) is 0. The third-order valence-corrected chi connectivity index (χ3v) is 16.3. The lowest BCUT2D eigenvalue weighted by atomic mass is 10.0. The highest BCUT2D eigenvalue weighted by Crippen LogP contribution is 2.19. The Hall–Kier alpha value is -1.40. The molecule has 6 nitrogen and oxygen atoms in total. The molecule has 0 radical (unpaired) electrons. The fraction of sp³-hybridized carbons (Fsp3) is 0.942. The van der Waals surface area contributed by atoms with Gasteiger partial charge in [-0.3, -0.25) is 9.59 Å². The second kappa shape index (κ2) is 65.1. The Bertz CT molecular complexity index is 1130. The molecule has 0 aliphatic rings. The van der Waals surface area contributed by atoms with Crippen molar-refractivity contribution in [2.24, 2.45) is 0 Å². The molecule has 0 aromatic heterocycles. The summed E-state index contributed by atoms with van der Waals surface area (Å²) in [6.07, 6.45) is 80.2. The van der Waals surface area contributed by atoms with E-state index in [9.17, 15) is 19.8 Å². The zero-order valence-electron chi connectivity index (χ0n) is 51.1. The normalized spacial score (nSPS) is 12.5. The second-order valence-electron chi connectivity index (χ2n) is 23.9. The van der Waals surface area contributed by atoms with Crippen molar-refractivity contribution in [1.29, 1.82) is 0 Å².